The van der Waals surface area contributed by atoms with Gasteiger partial charge in [-0.2, -0.15) is 10.1 Å². The van der Waals surface area contributed by atoms with Crippen molar-refractivity contribution in [2.45, 2.75) is 39.7 Å². The van der Waals surface area contributed by atoms with E-state index in [1.807, 2.05) is 6.92 Å². The fourth-order valence-electron chi connectivity index (χ4n) is 3.58. The Bertz CT molecular complexity index is 1240. The highest BCUT2D eigenvalue weighted by Gasteiger charge is 2.31. The van der Waals surface area contributed by atoms with Crippen LogP contribution in [0.5, 0.6) is 11.5 Å². The summed E-state index contributed by atoms with van der Waals surface area (Å²) in [6, 6.07) is 9.29. The molecule has 2 aromatic rings. The number of anilines is 1. The predicted molar refractivity (Wildman–Crippen MR) is 136 cm³/mol. The number of hydrazone groups is 1. The molecule has 1 amide bonds. The Kier molecular flexibility index (Phi) is 8.71. The van der Waals surface area contributed by atoms with E-state index < -0.39 is 23.9 Å². The highest BCUT2D eigenvalue weighted by Crippen LogP contribution is 2.38. The zero-order chi connectivity index (χ0) is 26.4. The Hall–Kier alpha value is -3.85. The van der Waals surface area contributed by atoms with Crippen LogP contribution in [0.25, 0.3) is 6.08 Å². The lowest BCUT2D eigenvalue weighted by molar-refractivity contribution is -0.147. The minimum Gasteiger partial charge on any atom is -0.490 e. The predicted octanol–water partition coefficient (Wildman–Crippen LogP) is 4.96. The van der Waals surface area contributed by atoms with Crippen LogP contribution >= 0.6 is 11.6 Å². The van der Waals surface area contributed by atoms with Crippen molar-refractivity contribution in [1.82, 2.24) is 0 Å². The molecule has 36 heavy (non-hydrogen) atoms. The molecule has 1 heterocycles. The second-order valence-corrected chi connectivity index (χ2v) is 8.28. The van der Waals surface area contributed by atoms with Gasteiger partial charge in [0.2, 0.25) is 0 Å². The van der Waals surface area contributed by atoms with E-state index in [0.717, 1.165) is 6.42 Å². The fourth-order valence-corrected chi connectivity index (χ4v) is 3.84. The number of esters is 1. The number of aromatic carboxylic acids is 1. The number of carboxylic acids is 1. The van der Waals surface area contributed by atoms with Crippen LogP contribution in [0.4, 0.5) is 5.69 Å². The normalized spacial score (nSPS) is 15.0. The third kappa shape index (κ3) is 5.85. The molecule has 3 rings (SSSR count). The topological polar surface area (TPSA) is 115 Å². The van der Waals surface area contributed by atoms with Gasteiger partial charge in [-0.1, -0.05) is 31.0 Å². The highest BCUT2D eigenvalue weighted by atomic mass is 35.5. The number of benzene rings is 2. The first kappa shape index (κ1) is 26.7. The van der Waals surface area contributed by atoms with E-state index >= 15 is 0 Å². The van der Waals surface area contributed by atoms with Gasteiger partial charge in [0.1, 0.15) is 0 Å². The molecule has 0 aromatic heterocycles. The minimum atomic E-state index is -1.10. The smallest absolute Gasteiger partial charge is 0.346 e. The Morgan fingerprint density at radius 2 is 1.97 bits per heavy atom. The first-order valence-electron chi connectivity index (χ1n) is 11.4. The molecule has 1 N–H and O–H groups in total. The number of rotatable bonds is 10. The molecule has 0 unspecified atom stereocenters. The van der Waals surface area contributed by atoms with Crippen molar-refractivity contribution in [3.05, 3.63) is 58.1 Å². The summed E-state index contributed by atoms with van der Waals surface area (Å²) < 4.78 is 16.1. The van der Waals surface area contributed by atoms with Gasteiger partial charge in [0, 0.05) is 0 Å². The molecule has 0 spiro atoms. The summed E-state index contributed by atoms with van der Waals surface area (Å²) in [5, 5.41) is 15.2. The number of halogens is 1. The second-order valence-electron chi connectivity index (χ2n) is 7.87. The van der Waals surface area contributed by atoms with Crippen LogP contribution < -0.4 is 14.5 Å². The average molecular weight is 515 g/mol. The van der Waals surface area contributed by atoms with Gasteiger partial charge in [0.25, 0.3) is 5.91 Å². The summed E-state index contributed by atoms with van der Waals surface area (Å²) >= 11 is 6.49. The first-order valence-corrected chi connectivity index (χ1v) is 11.8. The van der Waals surface area contributed by atoms with Gasteiger partial charge in [-0.15, -0.1) is 0 Å². The maximum atomic E-state index is 13.3. The molecule has 1 atom stereocenters. The van der Waals surface area contributed by atoms with E-state index in [0.29, 0.717) is 41.3 Å². The minimum absolute atomic E-state index is 0.0508. The zero-order valence-electron chi connectivity index (χ0n) is 20.4. The summed E-state index contributed by atoms with van der Waals surface area (Å²) in [6.45, 7) is 5.61. The van der Waals surface area contributed by atoms with E-state index in [9.17, 15) is 19.5 Å². The van der Waals surface area contributed by atoms with Crippen LogP contribution in [0.15, 0.2) is 47.1 Å². The fraction of sp³-hybridized carbons (Fsp3) is 0.308. The molecule has 1 aliphatic rings. The lowest BCUT2D eigenvalue weighted by Gasteiger charge is -2.18. The van der Waals surface area contributed by atoms with Crippen LogP contribution in [-0.4, -0.2) is 48.5 Å². The van der Waals surface area contributed by atoms with Crippen LogP contribution in [-0.2, 0) is 14.3 Å². The summed E-state index contributed by atoms with van der Waals surface area (Å²) in [5.74, 6) is -1.57. The summed E-state index contributed by atoms with van der Waals surface area (Å²) in [6.07, 6.45) is 2.03. The van der Waals surface area contributed by atoms with E-state index in [-0.39, 0.29) is 16.3 Å². The van der Waals surface area contributed by atoms with Crippen molar-refractivity contribution in [2.24, 2.45) is 5.10 Å². The molecular weight excluding hydrogens is 488 g/mol. The molecule has 1 aliphatic heterocycles. The molecule has 0 radical (unpaired) electrons. The van der Waals surface area contributed by atoms with Crippen molar-refractivity contribution in [3.8, 4) is 11.5 Å². The number of hydrogen-bond donors (Lipinski definition) is 1. The Labute approximate surface area is 213 Å². The number of hydrogen-bond acceptors (Lipinski definition) is 7. The standard InChI is InChI=1S/C26H27ClN2O7/c1-5-8-21-19(24(30)29(28-21)18-10-7-9-17(14-18)25(31)32)11-16-12-20(27)23(22(13-16)35-6-2)36-15(3)26(33)34-4/h7,9-15H,5-6,8H2,1-4H3,(H,31,32)/b19-11-/t15-/m1/s1. The number of carbonyl (C=O) groups is 3. The SMILES string of the molecule is CCCC1=NN(c2cccc(C(=O)O)c2)C(=O)/C1=C\c1cc(Cl)c(O[C@H](C)C(=O)OC)c(OCC)c1. The summed E-state index contributed by atoms with van der Waals surface area (Å²) in [7, 11) is 1.26. The molecule has 10 heteroatoms. The van der Waals surface area contributed by atoms with Crippen LogP contribution in [0.1, 0.15) is 49.5 Å². The molecule has 0 fully saturated rings. The molecule has 0 bridgehead atoms. The van der Waals surface area contributed by atoms with E-state index in [2.05, 4.69) is 5.10 Å². The Morgan fingerprint density at radius 3 is 2.61 bits per heavy atom. The van der Waals surface area contributed by atoms with Crippen LogP contribution in [0, 0.1) is 0 Å². The van der Waals surface area contributed by atoms with Gasteiger partial charge < -0.3 is 19.3 Å². The number of ether oxygens (including phenoxy) is 3. The number of methoxy groups -OCH3 is 1. The van der Waals surface area contributed by atoms with Crippen molar-refractivity contribution < 1.29 is 33.7 Å². The van der Waals surface area contributed by atoms with Gasteiger partial charge in [-0.05, 0) is 62.2 Å². The highest BCUT2D eigenvalue weighted by molar-refractivity contribution is 6.34. The third-order valence-electron chi connectivity index (χ3n) is 5.25. The van der Waals surface area contributed by atoms with Gasteiger partial charge >= 0.3 is 11.9 Å². The van der Waals surface area contributed by atoms with E-state index in [1.54, 1.807) is 37.3 Å². The lowest BCUT2D eigenvalue weighted by Crippen LogP contribution is -2.25. The number of carboxylic acid groups (broad SMARTS) is 1. The monoisotopic (exact) mass is 514 g/mol. The van der Waals surface area contributed by atoms with Crippen molar-refractivity contribution in [3.63, 3.8) is 0 Å². The molecule has 0 saturated heterocycles. The molecule has 0 saturated carbocycles. The van der Waals surface area contributed by atoms with Crippen molar-refractivity contribution in [1.29, 1.82) is 0 Å². The Balaban J connectivity index is 2.01. The molecular formula is C26H27ClN2O7. The third-order valence-corrected chi connectivity index (χ3v) is 5.53. The quantitative estimate of drug-likeness (QED) is 0.352. The van der Waals surface area contributed by atoms with Crippen molar-refractivity contribution in [2.75, 3.05) is 18.7 Å². The molecule has 190 valence electrons. The summed E-state index contributed by atoms with van der Waals surface area (Å²) in [5.41, 5.74) is 1.89. The molecule has 2 aromatic carbocycles. The maximum Gasteiger partial charge on any atom is 0.346 e. The largest absolute Gasteiger partial charge is 0.490 e. The van der Waals surface area contributed by atoms with Gasteiger partial charge in [-0.25, -0.2) is 9.59 Å². The maximum absolute atomic E-state index is 13.3. The average Bonchev–Trinajstić information content (AvgIpc) is 3.16. The summed E-state index contributed by atoms with van der Waals surface area (Å²) in [4.78, 5) is 36.5. The number of carbonyl (C=O) groups excluding carboxylic acids is 2. The van der Waals surface area contributed by atoms with Crippen LogP contribution in [0.2, 0.25) is 5.02 Å². The molecule has 0 aliphatic carbocycles. The molecule has 9 nitrogen and oxygen atoms in total. The van der Waals surface area contributed by atoms with Gasteiger partial charge in [0.05, 0.1) is 41.3 Å². The lowest BCUT2D eigenvalue weighted by atomic mass is 10.0. The van der Waals surface area contributed by atoms with Gasteiger partial charge in [-0.3, -0.25) is 4.79 Å². The number of nitrogens with zero attached hydrogens (tertiary/aromatic N) is 2. The Morgan fingerprint density at radius 1 is 1.22 bits per heavy atom. The second kappa shape index (κ2) is 11.7. The van der Waals surface area contributed by atoms with E-state index in [1.165, 1.54) is 31.2 Å². The van der Waals surface area contributed by atoms with Crippen LogP contribution in [0.3, 0.4) is 0 Å². The zero-order valence-corrected chi connectivity index (χ0v) is 21.2. The first-order chi connectivity index (χ1) is 17.2. The van der Waals surface area contributed by atoms with Gasteiger partial charge in [0.15, 0.2) is 17.6 Å². The van der Waals surface area contributed by atoms with E-state index in [4.69, 9.17) is 25.8 Å². The number of amides is 1. The van der Waals surface area contributed by atoms with Crippen molar-refractivity contribution >= 4 is 46.9 Å².